The molecule has 6 nitrogen and oxygen atoms in total. The Morgan fingerprint density at radius 3 is 2.73 bits per heavy atom. The van der Waals surface area contributed by atoms with Gasteiger partial charge < -0.3 is 14.0 Å². The Labute approximate surface area is 128 Å². The third kappa shape index (κ3) is 3.52. The van der Waals surface area contributed by atoms with Gasteiger partial charge in [-0.2, -0.15) is 0 Å². The highest BCUT2D eigenvalue weighted by Crippen LogP contribution is 2.30. The first-order chi connectivity index (χ1) is 10.5. The van der Waals surface area contributed by atoms with Crippen LogP contribution in [0.25, 0.3) is 0 Å². The van der Waals surface area contributed by atoms with Crippen molar-refractivity contribution in [3.05, 3.63) is 46.5 Å². The van der Waals surface area contributed by atoms with E-state index in [0.29, 0.717) is 35.8 Å². The smallest absolute Gasteiger partial charge is 0.313 e. The summed E-state index contributed by atoms with van der Waals surface area (Å²) >= 11 is 0. The monoisotopic (exact) mass is 302 g/mol. The molecule has 0 atom stereocenters. The summed E-state index contributed by atoms with van der Waals surface area (Å²) < 4.78 is 12.3. The highest BCUT2D eigenvalue weighted by molar-refractivity contribution is 5.76. The van der Waals surface area contributed by atoms with Gasteiger partial charge in [-0.05, 0) is 24.1 Å². The average molecular weight is 302 g/mol. The standard InChI is InChI=1S/C16H18N2O4/c1-11(2)9-18-7-6-17-15(16(18)20)22-13-5-4-12(10-19)8-14(13)21-3/h4-8,10-11H,9H2,1-3H3. The molecule has 0 saturated heterocycles. The number of nitrogens with zero attached hydrogens (tertiary/aromatic N) is 2. The maximum absolute atomic E-state index is 12.3. The fraction of sp³-hybridized carbons (Fsp3) is 0.312. The van der Waals surface area contributed by atoms with Crippen LogP contribution in [0, 0.1) is 5.92 Å². The van der Waals surface area contributed by atoms with Gasteiger partial charge in [0.05, 0.1) is 7.11 Å². The summed E-state index contributed by atoms with van der Waals surface area (Å²) in [6.07, 6.45) is 3.86. The molecular formula is C16H18N2O4. The lowest BCUT2D eigenvalue weighted by Gasteiger charge is -2.12. The maximum atomic E-state index is 12.3. The molecular weight excluding hydrogens is 284 g/mol. The van der Waals surface area contributed by atoms with Crippen LogP contribution in [0.4, 0.5) is 0 Å². The summed E-state index contributed by atoms with van der Waals surface area (Å²) in [4.78, 5) is 27.1. The zero-order valence-electron chi connectivity index (χ0n) is 12.8. The predicted molar refractivity (Wildman–Crippen MR) is 81.8 cm³/mol. The summed E-state index contributed by atoms with van der Waals surface area (Å²) in [5.74, 6) is 1.000. The first-order valence-electron chi connectivity index (χ1n) is 6.91. The molecule has 0 aliphatic rings. The van der Waals surface area contributed by atoms with Gasteiger partial charge in [-0.3, -0.25) is 9.59 Å². The lowest BCUT2D eigenvalue weighted by Crippen LogP contribution is -2.23. The molecule has 116 valence electrons. The van der Waals surface area contributed by atoms with Crippen molar-refractivity contribution in [2.75, 3.05) is 7.11 Å². The third-order valence-electron chi connectivity index (χ3n) is 2.97. The second kappa shape index (κ2) is 6.89. The van der Waals surface area contributed by atoms with E-state index in [4.69, 9.17) is 9.47 Å². The van der Waals surface area contributed by atoms with Gasteiger partial charge in [0, 0.05) is 24.5 Å². The lowest BCUT2D eigenvalue weighted by atomic mass is 10.2. The molecule has 0 amide bonds. The Balaban J connectivity index is 2.35. The first kappa shape index (κ1) is 15.8. The normalized spacial score (nSPS) is 10.5. The van der Waals surface area contributed by atoms with Gasteiger partial charge in [0.25, 0.3) is 5.88 Å². The van der Waals surface area contributed by atoms with E-state index in [2.05, 4.69) is 4.98 Å². The van der Waals surface area contributed by atoms with Crippen molar-refractivity contribution in [1.82, 2.24) is 9.55 Å². The van der Waals surface area contributed by atoms with Crippen molar-refractivity contribution in [3.8, 4) is 17.4 Å². The van der Waals surface area contributed by atoms with Gasteiger partial charge in [0.15, 0.2) is 11.5 Å². The number of ether oxygens (including phenoxy) is 2. The minimum atomic E-state index is -0.308. The predicted octanol–water partition coefficient (Wildman–Crippen LogP) is 2.51. The van der Waals surface area contributed by atoms with Crippen LogP contribution in [0.2, 0.25) is 0 Å². The molecule has 1 aromatic carbocycles. The summed E-state index contributed by atoms with van der Waals surface area (Å²) in [7, 11) is 1.46. The molecule has 6 heteroatoms. The molecule has 0 spiro atoms. The Morgan fingerprint density at radius 1 is 1.32 bits per heavy atom. The summed E-state index contributed by atoms with van der Waals surface area (Å²) in [5.41, 5.74) is 0.153. The highest BCUT2D eigenvalue weighted by atomic mass is 16.5. The van der Waals surface area contributed by atoms with E-state index in [9.17, 15) is 9.59 Å². The number of carbonyl (C=O) groups excluding carboxylic acids is 1. The molecule has 1 heterocycles. The Kier molecular flexibility index (Phi) is 4.93. The van der Waals surface area contributed by atoms with Gasteiger partial charge >= 0.3 is 5.56 Å². The van der Waals surface area contributed by atoms with Crippen molar-refractivity contribution in [2.45, 2.75) is 20.4 Å². The SMILES string of the molecule is COc1cc(C=O)ccc1Oc1nccn(CC(C)C)c1=O. The highest BCUT2D eigenvalue weighted by Gasteiger charge is 2.12. The second-order valence-corrected chi connectivity index (χ2v) is 5.21. The topological polar surface area (TPSA) is 70.4 Å². The van der Waals surface area contributed by atoms with Crippen molar-refractivity contribution < 1.29 is 14.3 Å². The molecule has 2 aromatic rings. The van der Waals surface area contributed by atoms with Crippen molar-refractivity contribution in [1.29, 1.82) is 0 Å². The van der Waals surface area contributed by atoms with E-state index in [1.807, 2.05) is 13.8 Å². The summed E-state index contributed by atoms with van der Waals surface area (Å²) in [5, 5.41) is 0. The Bertz CT molecular complexity index is 722. The van der Waals surface area contributed by atoms with Crippen LogP contribution < -0.4 is 15.0 Å². The van der Waals surface area contributed by atoms with Gasteiger partial charge in [0.1, 0.15) is 6.29 Å². The Hall–Kier alpha value is -2.63. The summed E-state index contributed by atoms with van der Waals surface area (Å²) in [6, 6.07) is 4.70. The molecule has 0 aliphatic carbocycles. The van der Waals surface area contributed by atoms with Crippen LogP contribution in [0.5, 0.6) is 17.4 Å². The largest absolute Gasteiger partial charge is 0.493 e. The van der Waals surface area contributed by atoms with Crippen molar-refractivity contribution in [3.63, 3.8) is 0 Å². The zero-order valence-corrected chi connectivity index (χ0v) is 12.8. The molecule has 2 rings (SSSR count). The quantitative estimate of drug-likeness (QED) is 0.767. The van der Waals surface area contributed by atoms with Crippen molar-refractivity contribution in [2.24, 2.45) is 5.92 Å². The van der Waals surface area contributed by atoms with Crippen LogP contribution >= 0.6 is 0 Å². The third-order valence-corrected chi connectivity index (χ3v) is 2.97. The molecule has 0 fully saturated rings. The van der Waals surface area contributed by atoms with Gasteiger partial charge in [-0.15, -0.1) is 0 Å². The fourth-order valence-electron chi connectivity index (χ4n) is 1.98. The van der Waals surface area contributed by atoms with Crippen LogP contribution in [-0.4, -0.2) is 22.9 Å². The summed E-state index contributed by atoms with van der Waals surface area (Å²) in [6.45, 7) is 4.63. The maximum Gasteiger partial charge on any atom is 0.313 e. The van der Waals surface area contributed by atoms with E-state index >= 15 is 0 Å². The number of aromatic nitrogens is 2. The molecule has 0 saturated carbocycles. The zero-order chi connectivity index (χ0) is 16.1. The number of methoxy groups -OCH3 is 1. The van der Waals surface area contributed by atoms with Crippen LogP contribution in [0.15, 0.2) is 35.4 Å². The van der Waals surface area contributed by atoms with E-state index in [1.54, 1.807) is 22.9 Å². The van der Waals surface area contributed by atoms with Crippen LogP contribution in [0.1, 0.15) is 24.2 Å². The molecule has 0 radical (unpaired) electrons. The number of carbonyl (C=O) groups is 1. The number of benzene rings is 1. The molecule has 0 bridgehead atoms. The average Bonchev–Trinajstić information content (AvgIpc) is 2.51. The number of hydrogen-bond donors (Lipinski definition) is 0. The van der Waals surface area contributed by atoms with Gasteiger partial charge in [0.2, 0.25) is 0 Å². The minimum absolute atomic E-state index is 0.0275. The minimum Gasteiger partial charge on any atom is -0.493 e. The molecule has 0 N–H and O–H groups in total. The van der Waals surface area contributed by atoms with Crippen LogP contribution in [-0.2, 0) is 6.54 Å². The molecule has 22 heavy (non-hydrogen) atoms. The van der Waals surface area contributed by atoms with E-state index in [-0.39, 0.29) is 11.4 Å². The van der Waals surface area contributed by atoms with E-state index in [1.165, 1.54) is 19.4 Å². The van der Waals surface area contributed by atoms with Crippen molar-refractivity contribution >= 4 is 6.29 Å². The molecule has 1 aromatic heterocycles. The van der Waals surface area contributed by atoms with Gasteiger partial charge in [-0.25, -0.2) is 4.98 Å². The number of rotatable bonds is 6. The van der Waals surface area contributed by atoms with Gasteiger partial charge in [-0.1, -0.05) is 13.8 Å². The van der Waals surface area contributed by atoms with E-state index < -0.39 is 0 Å². The Morgan fingerprint density at radius 2 is 2.09 bits per heavy atom. The molecule has 0 aliphatic heterocycles. The lowest BCUT2D eigenvalue weighted by molar-refractivity contribution is 0.112. The number of aldehydes is 1. The van der Waals surface area contributed by atoms with E-state index in [0.717, 1.165) is 0 Å². The first-order valence-corrected chi connectivity index (χ1v) is 6.91. The van der Waals surface area contributed by atoms with Crippen LogP contribution in [0.3, 0.4) is 0 Å². The second-order valence-electron chi connectivity index (χ2n) is 5.21. The number of hydrogen-bond acceptors (Lipinski definition) is 5. The molecule has 0 unspecified atom stereocenters. The fourth-order valence-corrected chi connectivity index (χ4v) is 1.98.